The van der Waals surface area contributed by atoms with Gasteiger partial charge in [-0.3, -0.25) is 0 Å². The lowest BCUT2D eigenvalue weighted by molar-refractivity contribution is -0.554. The highest BCUT2D eigenvalue weighted by Gasteiger charge is 2.51. The molecule has 1 aliphatic heterocycles. The van der Waals surface area contributed by atoms with Crippen molar-refractivity contribution in [1.82, 2.24) is 0 Å². The summed E-state index contributed by atoms with van der Waals surface area (Å²) < 4.78 is 19.0. The Hall–Kier alpha value is -3.00. The number of nitrogens with zero attached hydrogens (tertiary/aromatic N) is 1. The van der Waals surface area contributed by atoms with Gasteiger partial charge in [0.2, 0.25) is 5.67 Å². The summed E-state index contributed by atoms with van der Waals surface area (Å²) in [5.74, 6) is 0. The average Bonchev–Trinajstić information content (AvgIpc) is 3.24. The van der Waals surface area contributed by atoms with Gasteiger partial charge >= 0.3 is 0 Å². The molecule has 0 bridgehead atoms. The Morgan fingerprint density at radius 1 is 0.786 bits per heavy atom. The maximum absolute atomic E-state index is 16.9. The van der Waals surface area contributed by atoms with E-state index in [-0.39, 0.29) is 6.04 Å². The molecule has 0 N–H and O–H groups in total. The van der Waals surface area contributed by atoms with Crippen LogP contribution in [0.15, 0.2) is 97.1 Å². The molecule has 0 aromatic heterocycles. The van der Waals surface area contributed by atoms with Gasteiger partial charge in [-0.25, -0.2) is 8.97 Å². The molecule has 0 spiro atoms. The molecule has 0 radical (unpaired) electrons. The smallest absolute Gasteiger partial charge is 0.221 e. The van der Waals surface area contributed by atoms with E-state index in [4.69, 9.17) is 0 Å². The molecular formula is C26H25FN+. The van der Waals surface area contributed by atoms with Gasteiger partial charge in [0.05, 0.1) is 0 Å². The molecule has 3 aromatic carbocycles. The first-order chi connectivity index (χ1) is 13.8. The predicted molar refractivity (Wildman–Crippen MR) is 114 cm³/mol. The SMILES string of the molecule is FC(c1ccccc1)(c1ccccc1)C1CCC[N+]1=C/C=C/c1ccccc1. The number of halogens is 1. The molecule has 1 nitrogen and oxygen atoms in total. The second-order valence-electron chi connectivity index (χ2n) is 7.26. The van der Waals surface area contributed by atoms with Gasteiger partial charge in [0.25, 0.3) is 0 Å². The molecule has 1 saturated heterocycles. The van der Waals surface area contributed by atoms with Crippen LogP contribution >= 0.6 is 0 Å². The second-order valence-corrected chi connectivity index (χ2v) is 7.26. The Bertz CT molecular complexity index is 906. The molecule has 1 aliphatic rings. The van der Waals surface area contributed by atoms with E-state index in [1.54, 1.807) is 0 Å². The average molecular weight is 370 g/mol. The number of alkyl halides is 1. The van der Waals surface area contributed by atoms with Crippen molar-refractivity contribution in [3.8, 4) is 0 Å². The molecule has 0 aliphatic carbocycles. The van der Waals surface area contributed by atoms with Crippen LogP contribution in [0.25, 0.3) is 6.08 Å². The molecular weight excluding hydrogens is 345 g/mol. The number of hydrogen-bond donors (Lipinski definition) is 0. The zero-order valence-corrected chi connectivity index (χ0v) is 15.9. The molecule has 140 valence electrons. The summed E-state index contributed by atoms with van der Waals surface area (Å²) in [5, 5.41) is 0. The van der Waals surface area contributed by atoms with E-state index in [1.807, 2.05) is 91.2 Å². The minimum absolute atomic E-state index is 0.224. The minimum Gasteiger partial charge on any atom is -0.229 e. The summed E-state index contributed by atoms with van der Waals surface area (Å²) in [6, 6.07) is 29.2. The number of rotatable bonds is 5. The Kier molecular flexibility index (Phi) is 5.48. The first kappa shape index (κ1) is 18.4. The Labute approximate surface area is 166 Å². The van der Waals surface area contributed by atoms with Crippen molar-refractivity contribution in [2.45, 2.75) is 24.6 Å². The zero-order chi connectivity index (χ0) is 19.2. The van der Waals surface area contributed by atoms with Crippen molar-refractivity contribution in [2.75, 3.05) is 6.54 Å². The Morgan fingerprint density at radius 3 is 1.89 bits per heavy atom. The van der Waals surface area contributed by atoms with E-state index >= 15 is 4.39 Å². The molecule has 1 atom stereocenters. The van der Waals surface area contributed by atoms with Crippen molar-refractivity contribution >= 4 is 12.3 Å². The van der Waals surface area contributed by atoms with Crippen molar-refractivity contribution in [3.63, 3.8) is 0 Å². The summed E-state index contributed by atoms with van der Waals surface area (Å²) in [7, 11) is 0. The summed E-state index contributed by atoms with van der Waals surface area (Å²) in [5.41, 5.74) is 1.04. The molecule has 0 saturated carbocycles. The van der Waals surface area contributed by atoms with Crippen LogP contribution < -0.4 is 0 Å². The molecule has 28 heavy (non-hydrogen) atoms. The van der Waals surface area contributed by atoms with E-state index < -0.39 is 5.67 Å². The van der Waals surface area contributed by atoms with E-state index in [2.05, 4.69) is 22.8 Å². The third-order valence-electron chi connectivity index (χ3n) is 5.51. The quantitative estimate of drug-likeness (QED) is 0.495. The van der Waals surface area contributed by atoms with Gasteiger partial charge in [0, 0.05) is 30.0 Å². The lowest BCUT2D eigenvalue weighted by atomic mass is 9.81. The molecule has 1 heterocycles. The van der Waals surface area contributed by atoms with E-state index in [0.717, 1.165) is 36.1 Å². The highest BCUT2D eigenvalue weighted by Crippen LogP contribution is 2.42. The van der Waals surface area contributed by atoms with E-state index in [9.17, 15) is 0 Å². The third kappa shape index (κ3) is 3.68. The van der Waals surface area contributed by atoms with E-state index in [1.165, 1.54) is 0 Å². The fourth-order valence-electron chi connectivity index (χ4n) is 4.14. The molecule has 1 unspecified atom stereocenters. The minimum atomic E-state index is -1.55. The maximum atomic E-state index is 16.9. The van der Waals surface area contributed by atoms with Crippen LogP contribution in [0.5, 0.6) is 0 Å². The highest BCUT2D eigenvalue weighted by molar-refractivity contribution is 5.74. The summed E-state index contributed by atoms with van der Waals surface area (Å²) in [6.07, 6.45) is 7.97. The summed E-state index contributed by atoms with van der Waals surface area (Å²) >= 11 is 0. The first-order valence-corrected chi connectivity index (χ1v) is 9.91. The summed E-state index contributed by atoms with van der Waals surface area (Å²) in [4.78, 5) is 0. The van der Waals surface area contributed by atoms with Crippen LogP contribution in [0, 0.1) is 0 Å². The molecule has 3 aromatic rings. The lowest BCUT2D eigenvalue weighted by Crippen LogP contribution is -2.41. The summed E-state index contributed by atoms with van der Waals surface area (Å²) in [6.45, 7) is 0.870. The fourth-order valence-corrected chi connectivity index (χ4v) is 4.14. The third-order valence-corrected chi connectivity index (χ3v) is 5.51. The number of hydrogen-bond acceptors (Lipinski definition) is 0. The van der Waals surface area contributed by atoms with Crippen LogP contribution in [0.3, 0.4) is 0 Å². The predicted octanol–water partition coefficient (Wildman–Crippen LogP) is 5.86. The van der Waals surface area contributed by atoms with Crippen molar-refractivity contribution in [2.24, 2.45) is 0 Å². The van der Waals surface area contributed by atoms with Crippen LogP contribution in [0.4, 0.5) is 4.39 Å². The van der Waals surface area contributed by atoms with Crippen LogP contribution in [0.1, 0.15) is 29.5 Å². The topological polar surface area (TPSA) is 3.01 Å². The standard InChI is InChI=1S/C26H25FN/c27-26(23-15-6-2-7-16-23,24-17-8-3-9-18-24)25-19-11-21-28(25)20-10-14-22-12-4-1-5-13-22/h1-10,12-18,20,25H,11,19,21H2/q+1/b14-10+,28-20?. The largest absolute Gasteiger partial charge is 0.229 e. The fraction of sp³-hybridized carbons (Fsp3) is 0.192. The van der Waals surface area contributed by atoms with Crippen LogP contribution in [0.2, 0.25) is 0 Å². The van der Waals surface area contributed by atoms with Gasteiger partial charge in [-0.05, 0) is 11.6 Å². The molecule has 0 amide bonds. The Morgan fingerprint density at radius 2 is 1.32 bits per heavy atom. The normalized spacial score (nSPS) is 18.8. The van der Waals surface area contributed by atoms with Gasteiger partial charge in [0.15, 0.2) is 12.3 Å². The number of benzene rings is 3. The van der Waals surface area contributed by atoms with Crippen LogP contribution in [-0.2, 0) is 5.67 Å². The van der Waals surface area contributed by atoms with Crippen molar-refractivity contribution in [1.29, 1.82) is 0 Å². The molecule has 4 rings (SSSR count). The van der Waals surface area contributed by atoms with Crippen LogP contribution in [-0.4, -0.2) is 23.4 Å². The monoisotopic (exact) mass is 370 g/mol. The Balaban J connectivity index is 1.71. The zero-order valence-electron chi connectivity index (χ0n) is 15.9. The van der Waals surface area contributed by atoms with Crippen molar-refractivity contribution < 1.29 is 8.97 Å². The molecule has 1 fully saturated rings. The first-order valence-electron chi connectivity index (χ1n) is 9.91. The van der Waals surface area contributed by atoms with Gasteiger partial charge < -0.3 is 0 Å². The van der Waals surface area contributed by atoms with E-state index in [0.29, 0.717) is 0 Å². The van der Waals surface area contributed by atoms with Gasteiger partial charge in [-0.15, -0.1) is 0 Å². The number of allylic oxidation sites excluding steroid dienone is 1. The van der Waals surface area contributed by atoms with Gasteiger partial charge in [-0.2, -0.15) is 0 Å². The maximum Gasteiger partial charge on any atom is 0.221 e. The second kappa shape index (κ2) is 8.35. The highest BCUT2D eigenvalue weighted by atomic mass is 19.1. The lowest BCUT2D eigenvalue weighted by Gasteiger charge is -2.29. The molecule has 2 heteroatoms. The van der Waals surface area contributed by atoms with Gasteiger partial charge in [0.1, 0.15) is 6.54 Å². The van der Waals surface area contributed by atoms with Gasteiger partial charge in [-0.1, -0.05) is 91.0 Å². The van der Waals surface area contributed by atoms with Crippen molar-refractivity contribution in [3.05, 3.63) is 114 Å².